The van der Waals surface area contributed by atoms with Crippen LogP contribution in [0.5, 0.6) is 0 Å². The zero-order valence-electron chi connectivity index (χ0n) is 20.2. The van der Waals surface area contributed by atoms with Crippen LogP contribution < -0.4 is 16.6 Å². The maximum Gasteiger partial charge on any atom is 0.266 e. The van der Waals surface area contributed by atoms with Crippen molar-refractivity contribution in [3.8, 4) is 5.69 Å². The number of anilines is 1. The topological polar surface area (TPSA) is 120 Å². The van der Waals surface area contributed by atoms with Crippen molar-refractivity contribution in [1.82, 2.24) is 29.5 Å². The van der Waals surface area contributed by atoms with E-state index in [9.17, 15) is 9.59 Å². The van der Waals surface area contributed by atoms with Gasteiger partial charge in [-0.3, -0.25) is 14.2 Å². The molecule has 0 aliphatic heterocycles. The van der Waals surface area contributed by atoms with E-state index in [0.29, 0.717) is 28.1 Å². The van der Waals surface area contributed by atoms with Crippen LogP contribution in [0.3, 0.4) is 0 Å². The van der Waals surface area contributed by atoms with Crippen LogP contribution in [0.1, 0.15) is 34.8 Å². The smallest absolute Gasteiger partial charge is 0.266 e. The molecule has 6 aromatic rings. The number of hydrogen-bond acceptors (Lipinski definition) is 6. The first-order chi connectivity index (χ1) is 17.9. The Morgan fingerprint density at radius 2 is 1.76 bits per heavy atom. The first-order valence-electron chi connectivity index (χ1n) is 11.8. The second kappa shape index (κ2) is 8.56. The van der Waals surface area contributed by atoms with Crippen molar-refractivity contribution in [2.75, 3.05) is 5.73 Å². The molecule has 0 aliphatic rings. The first kappa shape index (κ1) is 22.4. The van der Waals surface area contributed by atoms with Gasteiger partial charge in [-0.05, 0) is 48.9 Å². The van der Waals surface area contributed by atoms with E-state index in [-0.39, 0.29) is 16.9 Å². The van der Waals surface area contributed by atoms with Gasteiger partial charge in [0.25, 0.3) is 11.5 Å². The summed E-state index contributed by atoms with van der Waals surface area (Å²) in [6, 6.07) is 21.9. The summed E-state index contributed by atoms with van der Waals surface area (Å²) in [5.74, 6) is 0.0157. The average molecular weight is 490 g/mol. The lowest BCUT2D eigenvalue weighted by molar-refractivity contribution is 0.0940. The number of nitrogen functional groups attached to an aromatic ring is 1. The number of aromatic nitrogens is 5. The molecular weight excluding hydrogens is 466 g/mol. The average Bonchev–Trinajstić information content (AvgIpc) is 3.26. The highest BCUT2D eigenvalue weighted by Crippen LogP contribution is 2.25. The summed E-state index contributed by atoms with van der Waals surface area (Å²) in [4.78, 5) is 36.6. The van der Waals surface area contributed by atoms with E-state index in [2.05, 4.69) is 15.4 Å². The molecule has 3 aromatic heterocycles. The predicted octanol–water partition coefficient (Wildman–Crippen LogP) is 3.96. The molecule has 9 nitrogen and oxygen atoms in total. The number of hydrogen-bond donors (Lipinski definition) is 2. The van der Waals surface area contributed by atoms with Gasteiger partial charge in [-0.15, -0.1) is 5.10 Å². The Bertz CT molecular complexity index is 1890. The van der Waals surface area contributed by atoms with Crippen molar-refractivity contribution < 1.29 is 4.79 Å². The molecule has 3 heterocycles. The molecule has 37 heavy (non-hydrogen) atoms. The van der Waals surface area contributed by atoms with E-state index in [1.54, 1.807) is 23.8 Å². The predicted molar refractivity (Wildman–Crippen MR) is 143 cm³/mol. The summed E-state index contributed by atoms with van der Waals surface area (Å²) >= 11 is 0. The van der Waals surface area contributed by atoms with Gasteiger partial charge in [0.1, 0.15) is 11.4 Å². The molecule has 1 amide bonds. The molecule has 0 saturated heterocycles. The van der Waals surface area contributed by atoms with Crippen molar-refractivity contribution in [2.24, 2.45) is 0 Å². The SMILES string of the molecule is Cc1ccnc2c(C(=O)NC(C)c3nc4ccc5ccccc5c4c(=O)n3-c3ccccc3)c(N)nn12. The Balaban J connectivity index is 1.52. The molecule has 0 fully saturated rings. The highest BCUT2D eigenvalue weighted by atomic mass is 16.2. The van der Waals surface area contributed by atoms with Gasteiger partial charge < -0.3 is 11.1 Å². The fraction of sp³-hybridized carbons (Fsp3) is 0.107. The third-order valence-electron chi connectivity index (χ3n) is 6.50. The molecule has 9 heteroatoms. The van der Waals surface area contributed by atoms with Crippen LogP contribution in [-0.4, -0.2) is 30.1 Å². The summed E-state index contributed by atoms with van der Waals surface area (Å²) < 4.78 is 3.09. The van der Waals surface area contributed by atoms with Gasteiger partial charge in [0.05, 0.1) is 22.6 Å². The zero-order chi connectivity index (χ0) is 25.7. The van der Waals surface area contributed by atoms with Gasteiger partial charge in [0, 0.05) is 11.9 Å². The summed E-state index contributed by atoms with van der Waals surface area (Å²) in [7, 11) is 0. The molecule has 3 N–H and O–H groups in total. The van der Waals surface area contributed by atoms with E-state index >= 15 is 0 Å². The molecule has 1 atom stereocenters. The van der Waals surface area contributed by atoms with Crippen LogP contribution in [0.15, 0.2) is 83.8 Å². The summed E-state index contributed by atoms with van der Waals surface area (Å²) in [5, 5.41) is 9.52. The van der Waals surface area contributed by atoms with Crippen LogP contribution in [0.25, 0.3) is 33.0 Å². The van der Waals surface area contributed by atoms with Gasteiger partial charge in [0.15, 0.2) is 11.5 Å². The van der Waals surface area contributed by atoms with Crippen molar-refractivity contribution in [2.45, 2.75) is 19.9 Å². The molecule has 0 radical (unpaired) electrons. The number of nitrogens with zero attached hydrogens (tertiary/aromatic N) is 5. The minimum absolute atomic E-state index is 0.0740. The molecule has 0 bridgehead atoms. The summed E-state index contributed by atoms with van der Waals surface area (Å²) in [6.45, 7) is 3.64. The second-order valence-electron chi connectivity index (χ2n) is 8.90. The van der Waals surface area contributed by atoms with Crippen molar-refractivity contribution >= 4 is 39.0 Å². The molecule has 0 saturated carbocycles. The summed E-state index contributed by atoms with van der Waals surface area (Å²) in [5.41, 5.74) is 8.44. The Hall–Kier alpha value is -5.05. The van der Waals surface area contributed by atoms with E-state index < -0.39 is 11.9 Å². The van der Waals surface area contributed by atoms with Crippen LogP contribution in [-0.2, 0) is 0 Å². The number of carbonyl (C=O) groups is 1. The van der Waals surface area contributed by atoms with Crippen LogP contribution in [0, 0.1) is 6.92 Å². The Morgan fingerprint density at radius 1 is 1.00 bits per heavy atom. The van der Waals surface area contributed by atoms with Crippen LogP contribution >= 0.6 is 0 Å². The standard InChI is InChI=1S/C28H23N7O2/c1-16-14-15-30-26-23(24(29)33-35(16)26)27(36)31-17(2)25-32-21-13-12-18-8-6-7-11-20(18)22(21)28(37)34(25)19-9-4-3-5-10-19/h3-15,17H,1-2H3,(H2,29,33)(H,31,36). The van der Waals surface area contributed by atoms with E-state index in [4.69, 9.17) is 10.7 Å². The monoisotopic (exact) mass is 489 g/mol. The van der Waals surface area contributed by atoms with Gasteiger partial charge in [0.2, 0.25) is 0 Å². The van der Waals surface area contributed by atoms with E-state index in [1.807, 2.05) is 73.7 Å². The first-order valence-corrected chi connectivity index (χ1v) is 11.8. The highest BCUT2D eigenvalue weighted by molar-refractivity contribution is 6.06. The van der Waals surface area contributed by atoms with Crippen molar-refractivity contribution in [3.63, 3.8) is 0 Å². The fourth-order valence-corrected chi connectivity index (χ4v) is 4.71. The second-order valence-corrected chi connectivity index (χ2v) is 8.90. The Labute approximate surface area is 211 Å². The molecule has 3 aromatic carbocycles. The summed E-state index contributed by atoms with van der Waals surface area (Å²) in [6.07, 6.45) is 1.61. The van der Waals surface area contributed by atoms with E-state index in [0.717, 1.165) is 16.5 Å². The van der Waals surface area contributed by atoms with Crippen molar-refractivity contribution in [1.29, 1.82) is 0 Å². The lowest BCUT2D eigenvalue weighted by atomic mass is 10.1. The number of rotatable bonds is 4. The highest BCUT2D eigenvalue weighted by Gasteiger charge is 2.25. The molecule has 6 rings (SSSR count). The van der Waals surface area contributed by atoms with E-state index in [1.165, 1.54) is 4.52 Å². The van der Waals surface area contributed by atoms with Gasteiger partial charge in [-0.25, -0.2) is 14.5 Å². The largest absolute Gasteiger partial charge is 0.381 e. The number of nitrogens with one attached hydrogen (secondary N) is 1. The number of fused-ring (bicyclic) bond motifs is 4. The van der Waals surface area contributed by atoms with Gasteiger partial charge in [-0.1, -0.05) is 48.5 Å². The quantitative estimate of drug-likeness (QED) is 0.362. The third-order valence-corrected chi connectivity index (χ3v) is 6.50. The lowest BCUT2D eigenvalue weighted by Crippen LogP contribution is -2.33. The molecule has 0 aliphatic carbocycles. The molecular formula is C28H23N7O2. The molecule has 0 spiro atoms. The lowest BCUT2D eigenvalue weighted by Gasteiger charge is -2.20. The molecule has 182 valence electrons. The van der Waals surface area contributed by atoms with Gasteiger partial charge >= 0.3 is 0 Å². The maximum atomic E-state index is 14.0. The minimum atomic E-state index is -0.643. The number of benzene rings is 3. The number of aryl methyl sites for hydroxylation is 1. The van der Waals surface area contributed by atoms with Crippen molar-refractivity contribution in [3.05, 3.63) is 106 Å². The third kappa shape index (κ3) is 3.59. The normalized spacial score (nSPS) is 12.3. The maximum absolute atomic E-state index is 14.0. The zero-order valence-corrected chi connectivity index (χ0v) is 20.2. The van der Waals surface area contributed by atoms with Gasteiger partial charge in [-0.2, -0.15) is 0 Å². The number of para-hydroxylation sites is 1. The van der Waals surface area contributed by atoms with Crippen LogP contribution in [0.4, 0.5) is 5.82 Å². The number of carbonyl (C=O) groups excluding carboxylic acids is 1. The minimum Gasteiger partial charge on any atom is -0.381 e. The number of nitrogens with two attached hydrogens (primary N) is 1. The molecule has 1 unspecified atom stereocenters. The fourth-order valence-electron chi connectivity index (χ4n) is 4.71. The van der Waals surface area contributed by atoms with Crippen LogP contribution in [0.2, 0.25) is 0 Å². The number of amides is 1. The Kier molecular flexibility index (Phi) is 5.19. The Morgan fingerprint density at radius 3 is 2.57 bits per heavy atom.